The molecule has 0 radical (unpaired) electrons. The monoisotopic (exact) mass is 194 g/mol. The largest absolute Gasteiger partial charge is 0.444 e. The van der Waals surface area contributed by atoms with Crippen LogP contribution in [0.5, 0.6) is 0 Å². The van der Waals surface area contributed by atoms with Crippen LogP contribution < -0.4 is 5.73 Å². The van der Waals surface area contributed by atoms with Gasteiger partial charge in [-0.25, -0.2) is 4.98 Å². The van der Waals surface area contributed by atoms with Crippen LogP contribution in [0.25, 0.3) is 0 Å². The van der Waals surface area contributed by atoms with Crippen LogP contribution in [0.3, 0.4) is 0 Å². The third-order valence-electron chi connectivity index (χ3n) is 3.05. The first-order valence-corrected chi connectivity index (χ1v) is 5.47. The normalized spacial score (nSPS) is 18.7. The van der Waals surface area contributed by atoms with Gasteiger partial charge in [-0.05, 0) is 19.8 Å². The van der Waals surface area contributed by atoms with E-state index >= 15 is 0 Å². The summed E-state index contributed by atoms with van der Waals surface area (Å²) in [5.41, 5.74) is 6.53. The highest BCUT2D eigenvalue weighted by atomic mass is 16.4. The number of nitrogens with zero attached hydrogens (tertiary/aromatic N) is 1. The molecule has 0 unspecified atom stereocenters. The summed E-state index contributed by atoms with van der Waals surface area (Å²) in [6.45, 7) is 2.43. The Morgan fingerprint density at radius 1 is 1.36 bits per heavy atom. The first-order valence-electron chi connectivity index (χ1n) is 5.47. The molecule has 0 aromatic carbocycles. The van der Waals surface area contributed by atoms with Gasteiger partial charge < -0.3 is 10.2 Å². The van der Waals surface area contributed by atoms with Gasteiger partial charge in [0.2, 0.25) is 0 Å². The number of rotatable bonds is 2. The molecule has 1 aromatic rings. The van der Waals surface area contributed by atoms with E-state index in [1.54, 1.807) is 0 Å². The Morgan fingerprint density at radius 2 is 2.07 bits per heavy atom. The van der Waals surface area contributed by atoms with Crippen LogP contribution in [0.2, 0.25) is 0 Å². The predicted molar refractivity (Wildman–Crippen MR) is 55.0 cm³/mol. The smallest absolute Gasteiger partial charge is 0.197 e. The van der Waals surface area contributed by atoms with E-state index in [-0.39, 0.29) is 0 Å². The molecule has 0 bridgehead atoms. The van der Waals surface area contributed by atoms with Gasteiger partial charge in [-0.2, -0.15) is 0 Å². The van der Waals surface area contributed by atoms with Gasteiger partial charge in [-0.1, -0.05) is 19.3 Å². The van der Waals surface area contributed by atoms with Gasteiger partial charge in [0.15, 0.2) is 5.89 Å². The van der Waals surface area contributed by atoms with Crippen LogP contribution >= 0.6 is 0 Å². The van der Waals surface area contributed by atoms with Gasteiger partial charge in [-0.15, -0.1) is 0 Å². The molecular weight excluding hydrogens is 176 g/mol. The SMILES string of the molecule is Cc1nc(C2CCCCC2)oc1CN. The number of oxazole rings is 1. The van der Waals surface area contributed by atoms with E-state index < -0.39 is 0 Å². The summed E-state index contributed by atoms with van der Waals surface area (Å²) in [7, 11) is 0. The summed E-state index contributed by atoms with van der Waals surface area (Å²) < 4.78 is 5.67. The zero-order valence-corrected chi connectivity index (χ0v) is 8.75. The van der Waals surface area contributed by atoms with E-state index in [4.69, 9.17) is 10.2 Å². The Morgan fingerprint density at radius 3 is 2.64 bits per heavy atom. The summed E-state index contributed by atoms with van der Waals surface area (Å²) >= 11 is 0. The molecule has 0 aliphatic heterocycles. The molecular formula is C11H18N2O. The fourth-order valence-corrected chi connectivity index (χ4v) is 2.16. The minimum atomic E-state index is 0.464. The van der Waals surface area contributed by atoms with E-state index in [0.29, 0.717) is 12.5 Å². The van der Waals surface area contributed by atoms with Crippen molar-refractivity contribution in [1.82, 2.24) is 4.98 Å². The molecule has 14 heavy (non-hydrogen) atoms. The van der Waals surface area contributed by atoms with Crippen LogP contribution in [0.15, 0.2) is 4.42 Å². The molecule has 1 aliphatic carbocycles. The second-order valence-electron chi connectivity index (χ2n) is 4.10. The molecule has 0 atom stereocenters. The Hall–Kier alpha value is -0.830. The minimum Gasteiger partial charge on any atom is -0.444 e. The zero-order valence-electron chi connectivity index (χ0n) is 8.75. The molecule has 0 amide bonds. The molecule has 2 N–H and O–H groups in total. The Balaban J connectivity index is 2.14. The van der Waals surface area contributed by atoms with Crippen molar-refractivity contribution in [2.75, 3.05) is 0 Å². The van der Waals surface area contributed by atoms with Crippen molar-refractivity contribution in [3.63, 3.8) is 0 Å². The third-order valence-corrected chi connectivity index (χ3v) is 3.05. The topological polar surface area (TPSA) is 52.0 Å². The van der Waals surface area contributed by atoms with Crippen molar-refractivity contribution in [3.05, 3.63) is 17.3 Å². The summed E-state index contributed by atoms with van der Waals surface area (Å²) in [4.78, 5) is 4.46. The molecule has 1 fully saturated rings. The van der Waals surface area contributed by atoms with Crippen molar-refractivity contribution in [1.29, 1.82) is 0 Å². The lowest BCUT2D eigenvalue weighted by atomic mass is 9.89. The van der Waals surface area contributed by atoms with Gasteiger partial charge in [-0.3, -0.25) is 0 Å². The molecule has 3 heteroatoms. The van der Waals surface area contributed by atoms with Gasteiger partial charge in [0.25, 0.3) is 0 Å². The third kappa shape index (κ3) is 1.82. The van der Waals surface area contributed by atoms with Crippen molar-refractivity contribution in [2.45, 2.75) is 51.5 Å². The molecule has 1 heterocycles. The molecule has 1 aliphatic rings. The molecule has 3 nitrogen and oxygen atoms in total. The lowest BCUT2D eigenvalue weighted by molar-refractivity contribution is 0.352. The standard InChI is InChI=1S/C11H18N2O/c1-8-10(7-12)14-11(13-8)9-5-3-2-4-6-9/h9H,2-7,12H2,1H3. The van der Waals surface area contributed by atoms with Crippen LogP contribution in [-0.2, 0) is 6.54 Å². The molecule has 0 spiro atoms. The minimum absolute atomic E-state index is 0.464. The molecule has 1 saturated carbocycles. The van der Waals surface area contributed by atoms with Gasteiger partial charge in [0.1, 0.15) is 5.76 Å². The number of nitrogens with two attached hydrogens (primary N) is 1. The predicted octanol–water partition coefficient (Wildman–Crippen LogP) is 2.49. The molecule has 2 rings (SSSR count). The number of hydrogen-bond acceptors (Lipinski definition) is 3. The van der Waals surface area contributed by atoms with Crippen molar-refractivity contribution in [3.8, 4) is 0 Å². The summed E-state index contributed by atoms with van der Waals surface area (Å²) in [5.74, 6) is 2.32. The maximum absolute atomic E-state index is 5.67. The quantitative estimate of drug-likeness (QED) is 0.787. The van der Waals surface area contributed by atoms with E-state index in [1.807, 2.05) is 6.92 Å². The van der Waals surface area contributed by atoms with E-state index in [9.17, 15) is 0 Å². The Labute approximate surface area is 84.7 Å². The number of hydrogen-bond donors (Lipinski definition) is 1. The Bertz CT molecular complexity index is 300. The maximum atomic E-state index is 5.67. The van der Waals surface area contributed by atoms with E-state index in [1.165, 1.54) is 32.1 Å². The summed E-state index contributed by atoms with van der Waals surface area (Å²) in [5, 5.41) is 0. The van der Waals surface area contributed by atoms with E-state index in [2.05, 4.69) is 4.98 Å². The van der Waals surface area contributed by atoms with Crippen LogP contribution in [0.4, 0.5) is 0 Å². The average molecular weight is 194 g/mol. The van der Waals surface area contributed by atoms with Crippen molar-refractivity contribution in [2.24, 2.45) is 5.73 Å². The van der Waals surface area contributed by atoms with Gasteiger partial charge in [0, 0.05) is 5.92 Å². The van der Waals surface area contributed by atoms with Crippen LogP contribution in [-0.4, -0.2) is 4.98 Å². The first kappa shape index (κ1) is 9.71. The zero-order chi connectivity index (χ0) is 9.97. The van der Waals surface area contributed by atoms with Gasteiger partial charge in [0.05, 0.1) is 12.2 Å². The molecule has 0 saturated heterocycles. The van der Waals surface area contributed by atoms with Gasteiger partial charge >= 0.3 is 0 Å². The fraction of sp³-hybridized carbons (Fsp3) is 0.727. The molecule has 1 aromatic heterocycles. The number of aryl methyl sites for hydroxylation is 1. The highest BCUT2D eigenvalue weighted by Crippen LogP contribution is 2.32. The lowest BCUT2D eigenvalue weighted by Gasteiger charge is -2.17. The Kier molecular flexibility index (Phi) is 2.87. The van der Waals surface area contributed by atoms with Crippen LogP contribution in [0.1, 0.15) is 55.4 Å². The number of aromatic nitrogens is 1. The summed E-state index contributed by atoms with van der Waals surface area (Å²) in [6.07, 6.45) is 6.43. The second-order valence-corrected chi connectivity index (χ2v) is 4.10. The molecule has 78 valence electrons. The van der Waals surface area contributed by atoms with E-state index in [0.717, 1.165) is 17.3 Å². The second kappa shape index (κ2) is 4.13. The highest BCUT2D eigenvalue weighted by Gasteiger charge is 2.21. The fourth-order valence-electron chi connectivity index (χ4n) is 2.16. The average Bonchev–Trinajstić information content (AvgIpc) is 2.61. The van der Waals surface area contributed by atoms with Crippen molar-refractivity contribution < 1.29 is 4.42 Å². The highest BCUT2D eigenvalue weighted by molar-refractivity contribution is 5.09. The van der Waals surface area contributed by atoms with Crippen molar-refractivity contribution >= 4 is 0 Å². The maximum Gasteiger partial charge on any atom is 0.197 e. The first-order chi connectivity index (χ1) is 6.81. The van der Waals surface area contributed by atoms with Crippen LogP contribution in [0, 0.1) is 6.92 Å². The lowest BCUT2D eigenvalue weighted by Crippen LogP contribution is -2.04. The summed E-state index contributed by atoms with van der Waals surface area (Å²) in [6, 6.07) is 0.